The van der Waals surface area contributed by atoms with Crippen LogP contribution in [0.3, 0.4) is 0 Å². The molecule has 1 aliphatic carbocycles. The topological polar surface area (TPSA) is 151 Å². The second-order valence-corrected chi connectivity index (χ2v) is 16.3. The van der Waals surface area contributed by atoms with E-state index in [0.29, 0.717) is 64.1 Å². The molecule has 3 fully saturated rings. The average Bonchev–Trinajstić information content (AvgIpc) is 3.65. The summed E-state index contributed by atoms with van der Waals surface area (Å²) >= 11 is 6.29. The summed E-state index contributed by atoms with van der Waals surface area (Å²) in [5, 5.41) is 13.8. The monoisotopic (exact) mass is 836 g/mol. The second-order valence-electron chi connectivity index (χ2n) is 15.9. The maximum Gasteiger partial charge on any atom is 0.433 e. The predicted molar refractivity (Wildman–Crippen MR) is 216 cm³/mol. The summed E-state index contributed by atoms with van der Waals surface area (Å²) in [5.41, 5.74) is 0.676. The highest BCUT2D eigenvalue weighted by Gasteiger charge is 2.39. The third-order valence-corrected chi connectivity index (χ3v) is 12.5. The zero-order chi connectivity index (χ0) is 41.7. The number of benzene rings is 2. The number of likely N-dealkylation sites (tertiary alicyclic amines) is 2. The van der Waals surface area contributed by atoms with E-state index in [9.17, 15) is 32.3 Å². The first-order valence-corrected chi connectivity index (χ1v) is 20.4. The SMILES string of the molecule is COc1cc2nn(C3CCC4(CC3)CCN(CC3CCN(C(=O)c5ccc(Cl)c(NC(=O)CCNC=O)c5)CC3)CC4)cc2cc1NC(=O)c1cccc(C(F)(F)F)n1. The van der Waals surface area contributed by atoms with E-state index in [4.69, 9.17) is 21.4 Å². The molecule has 7 rings (SSSR count). The Kier molecular flexibility index (Phi) is 12.8. The van der Waals surface area contributed by atoms with Gasteiger partial charge in [0.05, 0.1) is 35.1 Å². The Labute approximate surface area is 345 Å². The molecule has 2 aromatic carbocycles. The Bertz CT molecular complexity index is 2170. The molecule has 1 saturated carbocycles. The van der Waals surface area contributed by atoms with Crippen molar-refractivity contribution < 1.29 is 37.1 Å². The number of amides is 4. The number of hydrogen-bond donors (Lipinski definition) is 3. The minimum Gasteiger partial charge on any atom is -0.494 e. The fraction of sp³-hybridized carbons (Fsp3) is 0.476. The lowest BCUT2D eigenvalue weighted by molar-refractivity contribution is -0.141. The van der Waals surface area contributed by atoms with Gasteiger partial charge in [0.25, 0.3) is 11.8 Å². The number of nitrogens with zero attached hydrogens (tertiary/aromatic N) is 5. The summed E-state index contributed by atoms with van der Waals surface area (Å²) in [5.74, 6) is -0.310. The minimum atomic E-state index is -4.67. The number of fused-ring (bicyclic) bond motifs is 1. The number of nitrogens with one attached hydrogen (secondary N) is 3. The summed E-state index contributed by atoms with van der Waals surface area (Å²) in [6.45, 7) is 4.70. The van der Waals surface area contributed by atoms with Crippen LogP contribution in [0.4, 0.5) is 24.5 Å². The fourth-order valence-electron chi connectivity index (χ4n) is 8.70. The number of anilines is 2. The fourth-order valence-corrected chi connectivity index (χ4v) is 8.86. The first kappa shape index (κ1) is 41.9. The zero-order valence-electron chi connectivity index (χ0n) is 32.8. The van der Waals surface area contributed by atoms with Gasteiger partial charge in [-0.1, -0.05) is 17.7 Å². The molecule has 0 atom stereocenters. The van der Waals surface area contributed by atoms with E-state index in [0.717, 1.165) is 88.5 Å². The predicted octanol–water partition coefficient (Wildman–Crippen LogP) is 7.19. The number of aromatic nitrogens is 3. The molecule has 17 heteroatoms. The van der Waals surface area contributed by atoms with Crippen LogP contribution in [0.2, 0.25) is 5.02 Å². The largest absolute Gasteiger partial charge is 0.494 e. The van der Waals surface area contributed by atoms with Crippen molar-refractivity contribution in [3.05, 3.63) is 76.7 Å². The van der Waals surface area contributed by atoms with Crippen molar-refractivity contribution in [2.24, 2.45) is 11.3 Å². The Morgan fingerprint density at radius 3 is 2.39 bits per heavy atom. The molecular weight excluding hydrogens is 789 g/mol. The van der Waals surface area contributed by atoms with Gasteiger partial charge in [-0.2, -0.15) is 18.3 Å². The molecule has 4 heterocycles. The van der Waals surface area contributed by atoms with Gasteiger partial charge in [-0.15, -0.1) is 0 Å². The summed E-state index contributed by atoms with van der Waals surface area (Å²) in [6, 6.07) is 11.8. The number of rotatable bonds is 12. The average molecular weight is 837 g/mol. The van der Waals surface area contributed by atoms with Gasteiger partial charge in [0.1, 0.15) is 17.1 Å². The van der Waals surface area contributed by atoms with Crippen molar-refractivity contribution in [2.75, 3.05) is 57.0 Å². The van der Waals surface area contributed by atoms with Crippen LogP contribution in [-0.4, -0.2) is 95.1 Å². The number of halogens is 4. The number of methoxy groups -OCH3 is 1. The van der Waals surface area contributed by atoms with Crippen LogP contribution < -0.4 is 20.7 Å². The molecule has 314 valence electrons. The third-order valence-electron chi connectivity index (χ3n) is 12.2. The Hall–Kier alpha value is -5.22. The van der Waals surface area contributed by atoms with E-state index in [1.807, 2.05) is 15.8 Å². The first-order chi connectivity index (χ1) is 28.3. The number of carbonyl (C=O) groups excluding carboxylic acids is 4. The molecule has 4 amide bonds. The number of hydrogen-bond acceptors (Lipinski definition) is 8. The standard InChI is InChI=1S/C42H48ClF3N8O5/c1-59-36-23-33-29(22-35(36)50-39(57)32-3-2-4-37(48-32)42(44,45)46)25-54(51-33)30-7-12-41(13-8-30)14-19-52(20-15-41)24-27-10-17-53(18-11-27)40(58)28-5-6-31(43)34(21-28)49-38(56)9-16-47-26-55/h2-6,21-23,25-27,30H,7-20,24H2,1H3,(H,47,55)(H,49,56)(H,50,57). The summed E-state index contributed by atoms with van der Waals surface area (Å²) in [6.07, 6.45) is 6.33. The van der Waals surface area contributed by atoms with Crippen molar-refractivity contribution in [3.63, 3.8) is 0 Å². The maximum absolute atomic E-state index is 13.4. The lowest BCUT2D eigenvalue weighted by atomic mass is 9.67. The van der Waals surface area contributed by atoms with Crippen molar-refractivity contribution in [2.45, 2.75) is 70.0 Å². The van der Waals surface area contributed by atoms with Gasteiger partial charge >= 0.3 is 6.18 Å². The lowest BCUT2D eigenvalue weighted by Gasteiger charge is -2.47. The van der Waals surface area contributed by atoms with Gasteiger partial charge in [0.15, 0.2) is 0 Å². The highest BCUT2D eigenvalue weighted by atomic mass is 35.5. The molecule has 2 saturated heterocycles. The maximum atomic E-state index is 13.4. The number of carbonyl (C=O) groups is 4. The van der Waals surface area contributed by atoms with Crippen LogP contribution in [0.15, 0.2) is 54.7 Å². The highest BCUT2D eigenvalue weighted by molar-refractivity contribution is 6.33. The molecule has 0 bridgehead atoms. The van der Waals surface area contributed by atoms with Gasteiger partial charge in [-0.25, -0.2) is 4.98 Å². The van der Waals surface area contributed by atoms with Gasteiger partial charge in [0, 0.05) is 55.8 Å². The summed E-state index contributed by atoms with van der Waals surface area (Å²) < 4.78 is 47.1. The van der Waals surface area contributed by atoms with E-state index in [1.165, 1.54) is 13.2 Å². The van der Waals surface area contributed by atoms with Crippen LogP contribution in [0, 0.1) is 11.3 Å². The molecular formula is C42H48ClF3N8O5. The van der Waals surface area contributed by atoms with Crippen molar-refractivity contribution >= 4 is 58.0 Å². The Balaban J connectivity index is 0.872. The van der Waals surface area contributed by atoms with Gasteiger partial charge in [-0.05, 0) is 112 Å². The van der Waals surface area contributed by atoms with Crippen LogP contribution in [0.1, 0.15) is 90.4 Å². The van der Waals surface area contributed by atoms with E-state index < -0.39 is 17.8 Å². The van der Waals surface area contributed by atoms with Crippen LogP contribution in [0.25, 0.3) is 10.9 Å². The van der Waals surface area contributed by atoms with Gasteiger partial charge < -0.3 is 30.5 Å². The van der Waals surface area contributed by atoms with E-state index >= 15 is 0 Å². The molecule has 2 aliphatic heterocycles. The van der Waals surface area contributed by atoms with E-state index in [-0.39, 0.29) is 36.5 Å². The van der Waals surface area contributed by atoms with Crippen LogP contribution >= 0.6 is 11.6 Å². The molecule has 4 aromatic rings. The lowest BCUT2D eigenvalue weighted by Crippen LogP contribution is -2.46. The van der Waals surface area contributed by atoms with Crippen LogP contribution in [0.5, 0.6) is 5.75 Å². The normalized spacial score (nSPS) is 17.8. The molecule has 0 unspecified atom stereocenters. The molecule has 3 aliphatic rings. The minimum absolute atomic E-state index is 0.0832. The Morgan fingerprint density at radius 1 is 0.949 bits per heavy atom. The Morgan fingerprint density at radius 2 is 1.69 bits per heavy atom. The molecule has 59 heavy (non-hydrogen) atoms. The van der Waals surface area contributed by atoms with Crippen molar-refractivity contribution in [1.82, 2.24) is 29.9 Å². The molecule has 3 N–H and O–H groups in total. The molecule has 1 spiro atoms. The van der Waals surface area contributed by atoms with Crippen molar-refractivity contribution in [3.8, 4) is 5.75 Å². The molecule has 0 radical (unpaired) electrons. The van der Waals surface area contributed by atoms with Gasteiger partial charge in [-0.3, -0.25) is 23.9 Å². The van der Waals surface area contributed by atoms with E-state index in [1.54, 1.807) is 30.3 Å². The number of pyridine rings is 1. The van der Waals surface area contributed by atoms with Crippen molar-refractivity contribution in [1.29, 1.82) is 0 Å². The third kappa shape index (κ3) is 9.98. The quantitative estimate of drug-likeness (QED) is 0.100. The summed E-state index contributed by atoms with van der Waals surface area (Å²) in [7, 11) is 1.46. The number of piperidine rings is 2. The van der Waals surface area contributed by atoms with E-state index in [2.05, 4.69) is 25.8 Å². The first-order valence-electron chi connectivity index (χ1n) is 20.0. The number of alkyl halides is 3. The van der Waals surface area contributed by atoms with Gasteiger partial charge in [0.2, 0.25) is 12.3 Å². The number of ether oxygens (including phenoxy) is 1. The molecule has 2 aromatic heterocycles. The molecule has 13 nitrogen and oxygen atoms in total. The smallest absolute Gasteiger partial charge is 0.433 e. The highest BCUT2D eigenvalue weighted by Crippen LogP contribution is 2.48. The zero-order valence-corrected chi connectivity index (χ0v) is 33.6. The summed E-state index contributed by atoms with van der Waals surface area (Å²) in [4.78, 5) is 57.0. The van der Waals surface area contributed by atoms with Crippen LogP contribution in [-0.2, 0) is 15.8 Å². The second kappa shape index (κ2) is 18.0.